The fourth-order valence-electron chi connectivity index (χ4n) is 6.07. The van der Waals surface area contributed by atoms with Gasteiger partial charge in [-0.1, -0.05) is 86.4 Å². The molecule has 8 rings (SSSR count). The minimum absolute atomic E-state index is 0.917. The van der Waals surface area contributed by atoms with Crippen molar-refractivity contribution in [1.29, 1.82) is 0 Å². The van der Waals surface area contributed by atoms with E-state index in [2.05, 4.69) is 109 Å². The second kappa shape index (κ2) is 7.15. The van der Waals surface area contributed by atoms with Crippen molar-refractivity contribution in [2.75, 3.05) is 0 Å². The molecule has 178 valence electrons. The van der Waals surface area contributed by atoms with Crippen LogP contribution in [0.5, 0.6) is 0 Å². The van der Waals surface area contributed by atoms with Gasteiger partial charge in [0.2, 0.25) is 0 Å². The summed E-state index contributed by atoms with van der Waals surface area (Å²) in [6.07, 6.45) is 0. The number of furan rings is 2. The van der Waals surface area contributed by atoms with Gasteiger partial charge >= 0.3 is 0 Å². The molecule has 0 radical (unpaired) electrons. The summed E-state index contributed by atoms with van der Waals surface area (Å²) in [6.45, 7) is 7.13. The quantitative estimate of drug-likeness (QED) is 0.224. The van der Waals surface area contributed by atoms with Crippen molar-refractivity contribution >= 4 is 78.9 Å². The Hall–Kier alpha value is -4.28. The molecule has 0 fully saturated rings. The van der Waals surface area contributed by atoms with E-state index >= 15 is 0 Å². The molecule has 0 aliphatic rings. The summed E-state index contributed by atoms with van der Waals surface area (Å²) in [5, 5.41) is 8.32. The molecular formula is C33H25NO2Si. The highest BCUT2D eigenvalue weighted by Gasteiger charge is 2.24. The third-order valence-corrected chi connectivity index (χ3v) is 9.74. The molecule has 8 aromatic rings. The van der Waals surface area contributed by atoms with Crippen LogP contribution >= 0.6 is 0 Å². The first-order valence-electron chi connectivity index (χ1n) is 12.8. The van der Waals surface area contributed by atoms with Gasteiger partial charge in [-0.25, -0.2) is 0 Å². The van der Waals surface area contributed by atoms with Crippen LogP contribution in [0.15, 0.2) is 106 Å². The smallest absolute Gasteiger partial charge is 0.159 e. The van der Waals surface area contributed by atoms with Gasteiger partial charge in [0, 0.05) is 26.9 Å². The molecule has 0 aliphatic heterocycles. The second-order valence-corrected chi connectivity index (χ2v) is 16.0. The lowest BCUT2D eigenvalue weighted by molar-refractivity contribution is 0.668. The van der Waals surface area contributed by atoms with Crippen molar-refractivity contribution in [2.45, 2.75) is 19.6 Å². The molecule has 0 unspecified atom stereocenters. The lowest BCUT2D eigenvalue weighted by atomic mass is 10.1. The lowest BCUT2D eigenvalue weighted by Crippen LogP contribution is -2.37. The molecule has 5 aromatic carbocycles. The third-order valence-electron chi connectivity index (χ3n) is 7.73. The minimum atomic E-state index is -1.59. The first kappa shape index (κ1) is 20.9. The summed E-state index contributed by atoms with van der Waals surface area (Å²) in [5.41, 5.74) is 7.12. The number of rotatable bonds is 2. The Morgan fingerprint density at radius 2 is 1.19 bits per heavy atom. The van der Waals surface area contributed by atoms with E-state index in [4.69, 9.17) is 8.83 Å². The van der Waals surface area contributed by atoms with E-state index in [1.54, 1.807) is 0 Å². The zero-order chi connectivity index (χ0) is 24.9. The van der Waals surface area contributed by atoms with Crippen molar-refractivity contribution < 1.29 is 8.83 Å². The Bertz CT molecular complexity index is 2190. The zero-order valence-electron chi connectivity index (χ0n) is 21.0. The standard InChI is InChI=1S/C33H25NO2Si/c1-37(2,3)29-17-9-13-22-21-12-8-15-27(31(21)36-32(22)29)34-25-14-6-4-11-24(25)30-26(34)19-18-23-20-10-5-7-16-28(20)35-33(23)30/h4-19H,1-3H3. The number of fused-ring (bicyclic) bond motifs is 10. The summed E-state index contributed by atoms with van der Waals surface area (Å²) >= 11 is 0. The molecule has 0 amide bonds. The average Bonchev–Trinajstić information content (AvgIpc) is 3.57. The largest absolute Gasteiger partial charge is 0.455 e. The van der Waals surface area contributed by atoms with Gasteiger partial charge < -0.3 is 13.4 Å². The molecular weight excluding hydrogens is 470 g/mol. The maximum absolute atomic E-state index is 6.79. The number of hydrogen-bond donors (Lipinski definition) is 0. The van der Waals surface area contributed by atoms with Crippen LogP contribution in [0.2, 0.25) is 19.6 Å². The maximum Gasteiger partial charge on any atom is 0.159 e. The first-order chi connectivity index (χ1) is 18.0. The van der Waals surface area contributed by atoms with Gasteiger partial charge in [0.05, 0.1) is 30.2 Å². The van der Waals surface area contributed by atoms with E-state index in [1.807, 2.05) is 12.1 Å². The number of para-hydroxylation sites is 4. The van der Waals surface area contributed by atoms with Crippen LogP contribution in [0, 0.1) is 0 Å². The van der Waals surface area contributed by atoms with Crippen molar-refractivity contribution in [3.8, 4) is 5.69 Å². The van der Waals surface area contributed by atoms with E-state index in [9.17, 15) is 0 Å². The van der Waals surface area contributed by atoms with E-state index in [0.29, 0.717) is 0 Å². The number of aromatic nitrogens is 1. The van der Waals surface area contributed by atoms with Gasteiger partial charge in [0.25, 0.3) is 0 Å². The van der Waals surface area contributed by atoms with Crippen LogP contribution in [0.1, 0.15) is 0 Å². The highest BCUT2D eigenvalue weighted by Crippen LogP contribution is 2.42. The number of benzene rings is 5. The molecule has 37 heavy (non-hydrogen) atoms. The lowest BCUT2D eigenvalue weighted by Gasteiger charge is -2.16. The minimum Gasteiger partial charge on any atom is -0.455 e. The SMILES string of the molecule is C[Si](C)(C)c1cccc2c1oc1c(-n3c4ccccc4c4c5oc6ccccc6c5ccc43)cccc12. The van der Waals surface area contributed by atoms with Crippen molar-refractivity contribution in [2.24, 2.45) is 0 Å². The zero-order valence-corrected chi connectivity index (χ0v) is 22.0. The van der Waals surface area contributed by atoms with Crippen molar-refractivity contribution in [3.63, 3.8) is 0 Å². The summed E-state index contributed by atoms with van der Waals surface area (Å²) in [5.74, 6) is 0. The van der Waals surface area contributed by atoms with Crippen molar-refractivity contribution in [1.82, 2.24) is 4.57 Å². The van der Waals surface area contributed by atoms with Crippen LogP contribution in [-0.4, -0.2) is 12.6 Å². The molecule has 0 spiro atoms. The molecule has 3 nitrogen and oxygen atoms in total. The van der Waals surface area contributed by atoms with E-state index in [0.717, 1.165) is 60.6 Å². The van der Waals surface area contributed by atoms with Gasteiger partial charge in [-0.15, -0.1) is 0 Å². The van der Waals surface area contributed by atoms with Gasteiger partial charge in [-0.05, 0) is 35.5 Å². The van der Waals surface area contributed by atoms with Crippen LogP contribution in [0.4, 0.5) is 0 Å². The summed E-state index contributed by atoms with van der Waals surface area (Å²) in [6, 6.07) is 34.4. The topological polar surface area (TPSA) is 31.2 Å². The van der Waals surface area contributed by atoms with Gasteiger partial charge in [0.1, 0.15) is 16.7 Å². The number of nitrogens with zero attached hydrogens (tertiary/aromatic N) is 1. The molecule has 4 heteroatoms. The Kier molecular flexibility index (Phi) is 4.03. The Balaban J connectivity index is 1.54. The normalized spacial score (nSPS) is 12.7. The maximum atomic E-state index is 6.79. The van der Waals surface area contributed by atoms with Gasteiger partial charge in [-0.3, -0.25) is 0 Å². The Morgan fingerprint density at radius 3 is 2.03 bits per heavy atom. The fourth-order valence-corrected chi connectivity index (χ4v) is 7.53. The van der Waals surface area contributed by atoms with Crippen LogP contribution in [-0.2, 0) is 0 Å². The predicted molar refractivity (Wildman–Crippen MR) is 158 cm³/mol. The highest BCUT2D eigenvalue weighted by molar-refractivity contribution is 6.90. The molecule has 0 aliphatic carbocycles. The molecule has 0 atom stereocenters. The first-order valence-corrected chi connectivity index (χ1v) is 16.3. The van der Waals surface area contributed by atoms with Gasteiger partial charge in [0.15, 0.2) is 5.58 Å². The average molecular weight is 496 g/mol. The molecule has 3 aromatic heterocycles. The van der Waals surface area contributed by atoms with E-state index in [1.165, 1.54) is 16.0 Å². The van der Waals surface area contributed by atoms with Crippen molar-refractivity contribution in [3.05, 3.63) is 97.1 Å². The van der Waals surface area contributed by atoms with Crippen LogP contribution in [0.3, 0.4) is 0 Å². The summed E-state index contributed by atoms with van der Waals surface area (Å²) in [7, 11) is -1.59. The highest BCUT2D eigenvalue weighted by atomic mass is 28.3. The van der Waals surface area contributed by atoms with Crippen LogP contribution in [0.25, 0.3) is 71.4 Å². The predicted octanol–water partition coefficient (Wildman–Crippen LogP) is 9.13. The Morgan fingerprint density at radius 1 is 0.514 bits per heavy atom. The van der Waals surface area contributed by atoms with Gasteiger partial charge in [-0.2, -0.15) is 0 Å². The summed E-state index contributed by atoms with van der Waals surface area (Å²) < 4.78 is 15.6. The van der Waals surface area contributed by atoms with E-state index in [-0.39, 0.29) is 0 Å². The molecule has 0 N–H and O–H groups in total. The monoisotopic (exact) mass is 495 g/mol. The fraction of sp³-hybridized carbons (Fsp3) is 0.0909. The third kappa shape index (κ3) is 2.76. The molecule has 0 bridgehead atoms. The van der Waals surface area contributed by atoms with Crippen LogP contribution < -0.4 is 5.19 Å². The Labute approximate surface area is 214 Å². The second-order valence-electron chi connectivity index (χ2n) is 11.0. The number of hydrogen-bond acceptors (Lipinski definition) is 2. The molecule has 3 heterocycles. The molecule has 0 saturated heterocycles. The van der Waals surface area contributed by atoms with E-state index < -0.39 is 8.07 Å². The summed E-state index contributed by atoms with van der Waals surface area (Å²) in [4.78, 5) is 0. The molecule has 0 saturated carbocycles.